The molecule has 0 spiro atoms. The molecule has 1 aromatic carbocycles. The molecule has 0 radical (unpaired) electrons. The molecule has 28 heavy (non-hydrogen) atoms. The topological polar surface area (TPSA) is 80.3 Å². The van der Waals surface area contributed by atoms with Crippen molar-refractivity contribution in [2.24, 2.45) is 4.99 Å². The zero-order chi connectivity index (χ0) is 19.8. The number of benzene rings is 1. The van der Waals surface area contributed by atoms with Crippen LogP contribution in [-0.4, -0.2) is 34.0 Å². The van der Waals surface area contributed by atoms with Crippen molar-refractivity contribution in [2.75, 3.05) is 13.1 Å². The van der Waals surface area contributed by atoms with E-state index in [4.69, 9.17) is 9.52 Å². The lowest BCUT2D eigenvalue weighted by atomic mass is 10.1. The second-order valence-electron chi connectivity index (χ2n) is 6.65. The van der Waals surface area contributed by atoms with Crippen molar-refractivity contribution >= 4 is 5.96 Å². The van der Waals surface area contributed by atoms with Crippen molar-refractivity contribution in [1.29, 1.82) is 0 Å². The Morgan fingerprint density at radius 2 is 1.96 bits per heavy atom. The van der Waals surface area contributed by atoms with Gasteiger partial charge in [0.15, 0.2) is 5.96 Å². The Morgan fingerprint density at radius 3 is 2.64 bits per heavy atom. The number of nitrogens with one attached hydrogen (secondary N) is 2. The summed E-state index contributed by atoms with van der Waals surface area (Å²) in [6, 6.07) is 10.3. The average molecular weight is 380 g/mol. The predicted octanol–water partition coefficient (Wildman–Crippen LogP) is 2.83. The minimum Gasteiger partial charge on any atom is -0.361 e. The molecule has 0 aliphatic heterocycles. The standard InChI is InChI=1S/C21H28N6O/c1-4-22-21(23-12-10-20-16(2)26-28-17(20)3)24-14-18-8-5-6-9-19(18)15-27-13-7-11-25-27/h5-9,11,13H,4,10,12,14-15H2,1-3H3,(H2,22,23,24). The van der Waals surface area contributed by atoms with Crippen molar-refractivity contribution in [1.82, 2.24) is 25.6 Å². The maximum absolute atomic E-state index is 5.23. The van der Waals surface area contributed by atoms with Gasteiger partial charge in [-0.1, -0.05) is 29.4 Å². The first-order chi connectivity index (χ1) is 13.7. The monoisotopic (exact) mass is 380 g/mol. The fourth-order valence-corrected chi connectivity index (χ4v) is 3.11. The van der Waals surface area contributed by atoms with Gasteiger partial charge in [-0.25, -0.2) is 4.99 Å². The first kappa shape index (κ1) is 19.7. The molecular formula is C21H28N6O. The molecule has 0 bridgehead atoms. The summed E-state index contributed by atoms with van der Waals surface area (Å²) in [4.78, 5) is 4.76. The third kappa shape index (κ3) is 5.22. The van der Waals surface area contributed by atoms with E-state index in [-0.39, 0.29) is 0 Å². The number of hydrogen-bond acceptors (Lipinski definition) is 4. The molecule has 0 amide bonds. The SMILES string of the molecule is CCNC(=NCc1ccccc1Cn1cccn1)NCCc1c(C)noc1C. The van der Waals surface area contributed by atoms with Crippen LogP contribution < -0.4 is 10.6 Å². The van der Waals surface area contributed by atoms with E-state index in [0.717, 1.165) is 49.0 Å². The summed E-state index contributed by atoms with van der Waals surface area (Å²) in [5.41, 5.74) is 4.53. The van der Waals surface area contributed by atoms with Gasteiger partial charge >= 0.3 is 0 Å². The van der Waals surface area contributed by atoms with Gasteiger partial charge < -0.3 is 15.2 Å². The van der Waals surface area contributed by atoms with Crippen LogP contribution >= 0.6 is 0 Å². The van der Waals surface area contributed by atoms with E-state index in [1.54, 1.807) is 6.20 Å². The summed E-state index contributed by atoms with van der Waals surface area (Å²) >= 11 is 0. The van der Waals surface area contributed by atoms with Crippen LogP contribution in [0.25, 0.3) is 0 Å². The van der Waals surface area contributed by atoms with Gasteiger partial charge in [0.05, 0.1) is 18.8 Å². The zero-order valence-corrected chi connectivity index (χ0v) is 16.8. The Bertz CT molecular complexity index is 878. The molecule has 2 N–H and O–H groups in total. The fourth-order valence-electron chi connectivity index (χ4n) is 3.11. The van der Waals surface area contributed by atoms with Gasteiger partial charge in [-0.2, -0.15) is 5.10 Å². The second-order valence-corrected chi connectivity index (χ2v) is 6.65. The van der Waals surface area contributed by atoms with E-state index in [1.165, 1.54) is 11.1 Å². The molecule has 0 fully saturated rings. The number of rotatable bonds is 8. The molecule has 0 aliphatic rings. The molecule has 0 saturated heterocycles. The van der Waals surface area contributed by atoms with Gasteiger partial charge in [-0.15, -0.1) is 0 Å². The second kappa shape index (κ2) is 9.73. The normalized spacial score (nSPS) is 11.6. The number of aryl methyl sites for hydroxylation is 2. The average Bonchev–Trinajstić information content (AvgIpc) is 3.32. The van der Waals surface area contributed by atoms with Crippen molar-refractivity contribution in [3.8, 4) is 0 Å². The number of guanidine groups is 1. The lowest BCUT2D eigenvalue weighted by Gasteiger charge is -2.12. The smallest absolute Gasteiger partial charge is 0.191 e. The van der Waals surface area contributed by atoms with Crippen molar-refractivity contribution in [3.63, 3.8) is 0 Å². The van der Waals surface area contributed by atoms with Crippen LogP contribution in [0, 0.1) is 13.8 Å². The highest BCUT2D eigenvalue weighted by Gasteiger charge is 2.09. The summed E-state index contributed by atoms with van der Waals surface area (Å²) in [5, 5.41) is 15.0. The first-order valence-corrected chi connectivity index (χ1v) is 9.65. The minimum absolute atomic E-state index is 0.609. The molecule has 2 heterocycles. The summed E-state index contributed by atoms with van der Waals surface area (Å²) < 4.78 is 7.16. The molecule has 3 aromatic rings. The number of hydrogen-bond donors (Lipinski definition) is 2. The Kier molecular flexibility index (Phi) is 6.84. The van der Waals surface area contributed by atoms with Gasteiger partial charge in [0, 0.05) is 31.0 Å². The molecule has 3 rings (SSSR count). The Labute approximate surface area is 165 Å². The van der Waals surface area contributed by atoms with E-state index < -0.39 is 0 Å². The maximum atomic E-state index is 5.23. The lowest BCUT2D eigenvalue weighted by molar-refractivity contribution is 0.392. The highest BCUT2D eigenvalue weighted by molar-refractivity contribution is 5.79. The van der Waals surface area contributed by atoms with Gasteiger partial charge in [0.25, 0.3) is 0 Å². The molecule has 2 aromatic heterocycles. The van der Waals surface area contributed by atoms with Crippen LogP contribution in [0.4, 0.5) is 0 Å². The van der Waals surface area contributed by atoms with E-state index >= 15 is 0 Å². The highest BCUT2D eigenvalue weighted by atomic mass is 16.5. The molecule has 148 valence electrons. The van der Waals surface area contributed by atoms with Crippen LogP contribution in [0.15, 0.2) is 52.2 Å². The molecule has 0 saturated carbocycles. The van der Waals surface area contributed by atoms with Crippen LogP contribution in [0.1, 0.15) is 35.1 Å². The molecular weight excluding hydrogens is 352 g/mol. The summed E-state index contributed by atoms with van der Waals surface area (Å²) in [7, 11) is 0. The largest absolute Gasteiger partial charge is 0.361 e. The summed E-state index contributed by atoms with van der Waals surface area (Å²) in [6.07, 6.45) is 4.62. The number of aromatic nitrogens is 3. The molecule has 7 nitrogen and oxygen atoms in total. The summed E-state index contributed by atoms with van der Waals surface area (Å²) in [5.74, 6) is 1.69. The van der Waals surface area contributed by atoms with Crippen LogP contribution in [0.2, 0.25) is 0 Å². The number of nitrogens with zero attached hydrogens (tertiary/aromatic N) is 4. The predicted molar refractivity (Wildman–Crippen MR) is 110 cm³/mol. The van der Waals surface area contributed by atoms with Gasteiger partial charge in [-0.05, 0) is 44.4 Å². The third-order valence-electron chi connectivity index (χ3n) is 4.61. The molecule has 0 atom stereocenters. The fraction of sp³-hybridized carbons (Fsp3) is 0.381. The van der Waals surface area contributed by atoms with Crippen LogP contribution in [0.5, 0.6) is 0 Å². The molecule has 0 aliphatic carbocycles. The molecule has 0 unspecified atom stereocenters. The Hall–Kier alpha value is -3.09. The van der Waals surface area contributed by atoms with Gasteiger partial charge in [-0.3, -0.25) is 4.68 Å². The van der Waals surface area contributed by atoms with E-state index in [0.29, 0.717) is 6.54 Å². The first-order valence-electron chi connectivity index (χ1n) is 9.65. The van der Waals surface area contributed by atoms with Crippen molar-refractivity contribution in [3.05, 3.63) is 70.9 Å². The van der Waals surface area contributed by atoms with Crippen LogP contribution in [0.3, 0.4) is 0 Å². The Balaban J connectivity index is 1.63. The van der Waals surface area contributed by atoms with E-state index in [9.17, 15) is 0 Å². The third-order valence-corrected chi connectivity index (χ3v) is 4.61. The van der Waals surface area contributed by atoms with Gasteiger partial charge in [0.2, 0.25) is 0 Å². The van der Waals surface area contributed by atoms with Crippen molar-refractivity contribution in [2.45, 2.75) is 40.3 Å². The van der Waals surface area contributed by atoms with Crippen molar-refractivity contribution < 1.29 is 4.52 Å². The van der Waals surface area contributed by atoms with Gasteiger partial charge in [0.1, 0.15) is 5.76 Å². The lowest BCUT2D eigenvalue weighted by Crippen LogP contribution is -2.38. The summed E-state index contributed by atoms with van der Waals surface area (Å²) in [6.45, 7) is 8.92. The Morgan fingerprint density at radius 1 is 1.14 bits per heavy atom. The molecule has 7 heteroatoms. The quantitative estimate of drug-likeness (QED) is 0.464. The van der Waals surface area contributed by atoms with E-state index in [2.05, 4.69) is 52.1 Å². The number of aliphatic imine (C=N–C) groups is 1. The zero-order valence-electron chi connectivity index (χ0n) is 16.8. The minimum atomic E-state index is 0.609. The van der Waals surface area contributed by atoms with E-state index in [1.807, 2.05) is 30.8 Å². The van der Waals surface area contributed by atoms with Crippen LogP contribution in [-0.2, 0) is 19.5 Å². The highest BCUT2D eigenvalue weighted by Crippen LogP contribution is 2.13. The maximum Gasteiger partial charge on any atom is 0.191 e.